The van der Waals surface area contributed by atoms with Crippen molar-refractivity contribution in [1.82, 2.24) is 0 Å². The molecule has 5 heteroatoms. The number of nitrogens with two attached hydrogens (primary N) is 1. The molecule has 2 aromatic rings. The summed E-state index contributed by atoms with van der Waals surface area (Å²) in [7, 11) is 0. The molecule has 2 aromatic carbocycles. The molecule has 0 aliphatic heterocycles. The predicted molar refractivity (Wildman–Crippen MR) is 79.3 cm³/mol. The summed E-state index contributed by atoms with van der Waals surface area (Å²) < 4.78 is 6.54. The van der Waals surface area contributed by atoms with Crippen molar-refractivity contribution >= 4 is 44.8 Å². The minimum absolute atomic E-state index is 0.418. The normalized spacial score (nSPS) is 10.4. The zero-order chi connectivity index (χ0) is 13.1. The van der Waals surface area contributed by atoms with Gasteiger partial charge in [0.05, 0.1) is 10.0 Å². The molecule has 0 saturated carbocycles. The van der Waals surface area contributed by atoms with E-state index in [9.17, 15) is 0 Å². The second-order valence-electron chi connectivity index (χ2n) is 3.76. The van der Waals surface area contributed by atoms with Crippen LogP contribution in [-0.2, 0) is 6.61 Å². The number of ether oxygens (including phenoxy) is 1. The van der Waals surface area contributed by atoms with Crippen LogP contribution in [0.25, 0.3) is 0 Å². The number of rotatable bonds is 3. The van der Waals surface area contributed by atoms with Gasteiger partial charge in [-0.05, 0) is 35.9 Å². The third-order valence-corrected chi connectivity index (χ3v) is 3.47. The van der Waals surface area contributed by atoms with Gasteiger partial charge < -0.3 is 10.5 Å². The van der Waals surface area contributed by atoms with E-state index in [2.05, 4.69) is 15.9 Å². The minimum Gasteiger partial charge on any atom is -0.489 e. The molecule has 0 bridgehead atoms. The van der Waals surface area contributed by atoms with Crippen LogP contribution in [0.15, 0.2) is 40.9 Å². The van der Waals surface area contributed by atoms with Crippen molar-refractivity contribution in [2.45, 2.75) is 6.61 Å². The molecule has 18 heavy (non-hydrogen) atoms. The highest BCUT2D eigenvalue weighted by Crippen LogP contribution is 2.27. The Kier molecular flexibility index (Phi) is 4.38. The zero-order valence-electron chi connectivity index (χ0n) is 9.29. The Balaban J connectivity index is 2.08. The molecule has 0 fully saturated rings. The molecule has 0 spiro atoms. The van der Waals surface area contributed by atoms with Crippen molar-refractivity contribution in [2.24, 2.45) is 0 Å². The maximum Gasteiger partial charge on any atom is 0.121 e. The average molecular weight is 347 g/mol. The summed E-state index contributed by atoms with van der Waals surface area (Å²) in [6.45, 7) is 0.418. The first kappa shape index (κ1) is 13.5. The van der Waals surface area contributed by atoms with E-state index in [1.54, 1.807) is 18.2 Å². The molecule has 2 nitrogen and oxygen atoms in total. The Morgan fingerprint density at radius 1 is 1.06 bits per heavy atom. The molecule has 2 N–H and O–H groups in total. The van der Waals surface area contributed by atoms with Gasteiger partial charge in [-0.3, -0.25) is 0 Å². The molecule has 0 saturated heterocycles. The van der Waals surface area contributed by atoms with Crippen LogP contribution in [0.1, 0.15) is 5.56 Å². The molecule has 0 heterocycles. The minimum atomic E-state index is 0.418. The summed E-state index contributed by atoms with van der Waals surface area (Å²) in [6, 6.07) is 10.8. The fourth-order valence-electron chi connectivity index (χ4n) is 1.49. The van der Waals surface area contributed by atoms with Crippen molar-refractivity contribution < 1.29 is 4.74 Å². The van der Waals surface area contributed by atoms with Gasteiger partial charge in [-0.1, -0.05) is 39.1 Å². The van der Waals surface area contributed by atoms with E-state index in [1.807, 2.05) is 18.2 Å². The van der Waals surface area contributed by atoms with Crippen LogP contribution in [0, 0.1) is 0 Å². The predicted octanol–water partition coefficient (Wildman–Crippen LogP) is 4.92. The quantitative estimate of drug-likeness (QED) is 0.801. The van der Waals surface area contributed by atoms with E-state index in [-0.39, 0.29) is 0 Å². The van der Waals surface area contributed by atoms with Crippen molar-refractivity contribution in [3.05, 3.63) is 56.5 Å². The van der Waals surface area contributed by atoms with Crippen molar-refractivity contribution in [3.63, 3.8) is 0 Å². The van der Waals surface area contributed by atoms with E-state index >= 15 is 0 Å². The van der Waals surface area contributed by atoms with Crippen LogP contribution in [0.2, 0.25) is 10.0 Å². The van der Waals surface area contributed by atoms with Gasteiger partial charge in [-0.25, -0.2) is 0 Å². The van der Waals surface area contributed by atoms with Crippen LogP contribution in [0.4, 0.5) is 5.69 Å². The van der Waals surface area contributed by atoms with Gasteiger partial charge in [0.25, 0.3) is 0 Å². The Morgan fingerprint density at radius 3 is 2.50 bits per heavy atom. The number of hydrogen-bond acceptors (Lipinski definition) is 2. The summed E-state index contributed by atoms with van der Waals surface area (Å²) >= 11 is 15.1. The monoisotopic (exact) mass is 345 g/mol. The lowest BCUT2D eigenvalue weighted by molar-refractivity contribution is 0.306. The molecule has 0 amide bonds. The summed E-state index contributed by atoms with van der Waals surface area (Å²) in [5.41, 5.74) is 7.42. The Labute approximate surface area is 124 Å². The smallest absolute Gasteiger partial charge is 0.121 e. The number of halogens is 3. The maximum atomic E-state index is 5.91. The third-order valence-electron chi connectivity index (χ3n) is 2.28. The van der Waals surface area contributed by atoms with Crippen molar-refractivity contribution in [2.75, 3.05) is 5.73 Å². The molecule has 94 valence electrons. The molecule has 0 radical (unpaired) electrons. The van der Waals surface area contributed by atoms with Crippen molar-refractivity contribution in [1.29, 1.82) is 0 Å². The maximum absolute atomic E-state index is 5.91. The zero-order valence-corrected chi connectivity index (χ0v) is 12.4. The van der Waals surface area contributed by atoms with Gasteiger partial charge in [0.2, 0.25) is 0 Å². The van der Waals surface area contributed by atoms with E-state index in [0.717, 1.165) is 10.0 Å². The van der Waals surface area contributed by atoms with Gasteiger partial charge >= 0.3 is 0 Å². The number of anilines is 1. The van der Waals surface area contributed by atoms with Gasteiger partial charge in [0, 0.05) is 16.2 Å². The van der Waals surface area contributed by atoms with Crippen LogP contribution >= 0.6 is 39.1 Å². The highest BCUT2D eigenvalue weighted by molar-refractivity contribution is 9.10. The average Bonchev–Trinajstić information content (AvgIpc) is 2.29. The number of benzene rings is 2. The van der Waals surface area contributed by atoms with Crippen LogP contribution in [-0.4, -0.2) is 0 Å². The lowest BCUT2D eigenvalue weighted by Gasteiger charge is -2.08. The van der Waals surface area contributed by atoms with Crippen LogP contribution in [0.5, 0.6) is 5.75 Å². The topological polar surface area (TPSA) is 35.2 Å². The molecule has 0 unspecified atom stereocenters. The first-order valence-corrected chi connectivity index (χ1v) is 6.72. The van der Waals surface area contributed by atoms with Crippen LogP contribution < -0.4 is 10.5 Å². The first-order chi connectivity index (χ1) is 8.54. The molecule has 2 rings (SSSR count). The van der Waals surface area contributed by atoms with Gasteiger partial charge in [0.15, 0.2) is 0 Å². The van der Waals surface area contributed by atoms with Gasteiger partial charge in [0.1, 0.15) is 12.4 Å². The first-order valence-electron chi connectivity index (χ1n) is 5.17. The largest absolute Gasteiger partial charge is 0.489 e. The summed E-state index contributed by atoms with van der Waals surface area (Å²) in [4.78, 5) is 0. The van der Waals surface area contributed by atoms with E-state index in [1.165, 1.54) is 0 Å². The van der Waals surface area contributed by atoms with E-state index in [0.29, 0.717) is 28.1 Å². The van der Waals surface area contributed by atoms with E-state index < -0.39 is 0 Å². The Morgan fingerprint density at radius 2 is 1.83 bits per heavy atom. The molecule has 0 aromatic heterocycles. The molecule has 0 aliphatic carbocycles. The summed E-state index contributed by atoms with van der Waals surface area (Å²) in [5.74, 6) is 0.669. The Bertz CT molecular complexity index is 555. The van der Waals surface area contributed by atoms with Crippen molar-refractivity contribution in [3.8, 4) is 5.75 Å². The van der Waals surface area contributed by atoms with Gasteiger partial charge in [-0.2, -0.15) is 0 Å². The number of hydrogen-bond donors (Lipinski definition) is 1. The molecular weight excluding hydrogens is 337 g/mol. The highest BCUT2D eigenvalue weighted by atomic mass is 79.9. The standard InChI is InChI=1S/C13H10BrCl2NO/c14-9-3-8(4-10(17)5-9)7-18-11-1-2-12(15)13(16)6-11/h1-6H,7,17H2. The van der Waals surface area contributed by atoms with Gasteiger partial charge in [-0.15, -0.1) is 0 Å². The highest BCUT2D eigenvalue weighted by Gasteiger charge is 2.02. The van der Waals surface area contributed by atoms with Crippen LogP contribution in [0.3, 0.4) is 0 Å². The molecule has 0 atom stereocenters. The summed E-state index contributed by atoms with van der Waals surface area (Å²) in [5, 5.41) is 0.985. The fraction of sp³-hybridized carbons (Fsp3) is 0.0769. The lowest BCUT2D eigenvalue weighted by atomic mass is 10.2. The number of nitrogen functional groups attached to an aromatic ring is 1. The van der Waals surface area contributed by atoms with E-state index in [4.69, 9.17) is 33.7 Å². The Hall–Kier alpha value is -0.900. The second-order valence-corrected chi connectivity index (χ2v) is 5.49. The molecule has 0 aliphatic rings. The fourth-order valence-corrected chi connectivity index (χ4v) is 2.34. The lowest BCUT2D eigenvalue weighted by Crippen LogP contribution is -1.97. The summed E-state index contributed by atoms with van der Waals surface area (Å²) in [6.07, 6.45) is 0. The second kappa shape index (κ2) is 5.83. The molecular formula is C13H10BrCl2NO. The SMILES string of the molecule is Nc1cc(Br)cc(COc2ccc(Cl)c(Cl)c2)c1. The third kappa shape index (κ3) is 3.55.